The van der Waals surface area contributed by atoms with Gasteiger partial charge < -0.3 is 4.90 Å². The SMILES string of the molecule is Cc1cnc(N2CCN(S(C)(=O)=O)CC2)s1. The molecule has 1 aliphatic heterocycles. The summed E-state index contributed by atoms with van der Waals surface area (Å²) >= 11 is 1.65. The van der Waals surface area contributed by atoms with Gasteiger partial charge in [0.25, 0.3) is 0 Å². The van der Waals surface area contributed by atoms with Crippen molar-refractivity contribution in [3.8, 4) is 0 Å². The van der Waals surface area contributed by atoms with Crippen LogP contribution in [-0.2, 0) is 10.0 Å². The van der Waals surface area contributed by atoms with Gasteiger partial charge in [0.15, 0.2) is 5.13 Å². The van der Waals surface area contributed by atoms with E-state index in [0.29, 0.717) is 13.1 Å². The highest BCUT2D eigenvalue weighted by atomic mass is 32.2. The van der Waals surface area contributed by atoms with Crippen molar-refractivity contribution >= 4 is 26.5 Å². The van der Waals surface area contributed by atoms with Crippen LogP contribution in [0.4, 0.5) is 5.13 Å². The fourth-order valence-corrected chi connectivity index (χ4v) is 3.34. The van der Waals surface area contributed by atoms with Gasteiger partial charge in [-0.1, -0.05) is 0 Å². The Balaban J connectivity index is 2.00. The summed E-state index contributed by atoms with van der Waals surface area (Å²) in [6, 6.07) is 0. The zero-order chi connectivity index (χ0) is 11.8. The number of hydrogen-bond donors (Lipinski definition) is 0. The molecular weight excluding hydrogens is 246 g/mol. The average molecular weight is 261 g/mol. The van der Waals surface area contributed by atoms with Crippen molar-refractivity contribution in [3.05, 3.63) is 11.1 Å². The molecule has 0 bridgehead atoms. The average Bonchev–Trinajstić information content (AvgIpc) is 2.64. The smallest absolute Gasteiger partial charge is 0.211 e. The van der Waals surface area contributed by atoms with Gasteiger partial charge in [-0.3, -0.25) is 0 Å². The van der Waals surface area contributed by atoms with Crippen molar-refractivity contribution < 1.29 is 8.42 Å². The fourth-order valence-electron chi connectivity index (χ4n) is 1.70. The molecule has 1 saturated heterocycles. The molecule has 0 atom stereocenters. The monoisotopic (exact) mass is 261 g/mol. The summed E-state index contributed by atoms with van der Waals surface area (Å²) in [5, 5.41) is 0.991. The lowest BCUT2D eigenvalue weighted by atomic mass is 10.4. The molecule has 0 aromatic carbocycles. The summed E-state index contributed by atoms with van der Waals surface area (Å²) in [5.41, 5.74) is 0. The van der Waals surface area contributed by atoms with E-state index < -0.39 is 10.0 Å². The maximum Gasteiger partial charge on any atom is 0.211 e. The molecule has 0 unspecified atom stereocenters. The van der Waals surface area contributed by atoms with Crippen LogP contribution in [0.3, 0.4) is 0 Å². The first kappa shape index (κ1) is 11.8. The first-order valence-corrected chi connectivity index (χ1v) is 7.76. The molecule has 0 amide bonds. The van der Waals surface area contributed by atoms with Crippen LogP contribution in [0.1, 0.15) is 4.88 Å². The van der Waals surface area contributed by atoms with Crippen molar-refractivity contribution in [1.82, 2.24) is 9.29 Å². The molecule has 0 radical (unpaired) electrons. The Bertz CT molecular complexity index is 461. The number of thiazole rings is 1. The fraction of sp³-hybridized carbons (Fsp3) is 0.667. The molecule has 90 valence electrons. The Labute approximate surface area is 99.8 Å². The molecule has 2 rings (SSSR count). The lowest BCUT2D eigenvalue weighted by Crippen LogP contribution is -2.48. The van der Waals surface area contributed by atoms with E-state index in [1.807, 2.05) is 13.1 Å². The molecular formula is C9H15N3O2S2. The van der Waals surface area contributed by atoms with Crippen molar-refractivity contribution in [3.63, 3.8) is 0 Å². The van der Waals surface area contributed by atoms with Crippen LogP contribution >= 0.6 is 11.3 Å². The minimum absolute atomic E-state index is 0.553. The summed E-state index contributed by atoms with van der Waals surface area (Å²) < 4.78 is 24.2. The number of aryl methyl sites for hydroxylation is 1. The van der Waals surface area contributed by atoms with E-state index in [1.165, 1.54) is 15.4 Å². The first-order valence-electron chi connectivity index (χ1n) is 5.09. The van der Waals surface area contributed by atoms with Crippen LogP contribution in [0.5, 0.6) is 0 Å². The number of sulfonamides is 1. The number of aromatic nitrogens is 1. The van der Waals surface area contributed by atoms with Gasteiger partial charge in [-0.25, -0.2) is 13.4 Å². The molecule has 0 spiro atoms. The van der Waals surface area contributed by atoms with Gasteiger partial charge in [0.2, 0.25) is 10.0 Å². The highest BCUT2D eigenvalue weighted by Gasteiger charge is 2.24. The number of hydrogen-bond acceptors (Lipinski definition) is 5. The number of piperazine rings is 1. The number of rotatable bonds is 2. The quantitative estimate of drug-likeness (QED) is 0.779. The summed E-state index contributed by atoms with van der Waals surface area (Å²) in [6.07, 6.45) is 3.11. The molecule has 0 aliphatic carbocycles. The second kappa shape index (κ2) is 4.31. The molecule has 0 N–H and O–H groups in total. The van der Waals surface area contributed by atoms with Crippen LogP contribution in [0.25, 0.3) is 0 Å². The molecule has 2 heterocycles. The normalized spacial score (nSPS) is 19.0. The zero-order valence-corrected chi connectivity index (χ0v) is 11.0. The van der Waals surface area contributed by atoms with E-state index in [4.69, 9.17) is 0 Å². The van der Waals surface area contributed by atoms with Gasteiger partial charge in [-0.2, -0.15) is 4.31 Å². The molecule has 5 nitrogen and oxygen atoms in total. The van der Waals surface area contributed by atoms with E-state index in [-0.39, 0.29) is 0 Å². The van der Waals surface area contributed by atoms with Crippen molar-refractivity contribution in [2.75, 3.05) is 37.3 Å². The maximum absolute atomic E-state index is 11.3. The zero-order valence-electron chi connectivity index (χ0n) is 9.38. The van der Waals surface area contributed by atoms with Gasteiger partial charge in [0, 0.05) is 37.3 Å². The molecule has 1 aromatic heterocycles. The summed E-state index contributed by atoms with van der Waals surface area (Å²) in [5.74, 6) is 0. The minimum Gasteiger partial charge on any atom is -0.345 e. The Morgan fingerprint density at radius 2 is 1.94 bits per heavy atom. The van der Waals surface area contributed by atoms with Gasteiger partial charge in [0.1, 0.15) is 0 Å². The summed E-state index contributed by atoms with van der Waals surface area (Å²) in [4.78, 5) is 7.62. The predicted octanol–water partition coefficient (Wildman–Crippen LogP) is 0.533. The van der Waals surface area contributed by atoms with Crippen molar-refractivity contribution in [2.24, 2.45) is 0 Å². The van der Waals surface area contributed by atoms with E-state index in [2.05, 4.69) is 9.88 Å². The third-order valence-corrected chi connectivity index (χ3v) is 4.86. The van der Waals surface area contributed by atoms with Crippen molar-refractivity contribution in [1.29, 1.82) is 0 Å². The molecule has 1 aromatic rings. The largest absolute Gasteiger partial charge is 0.345 e. The van der Waals surface area contributed by atoms with Crippen molar-refractivity contribution in [2.45, 2.75) is 6.92 Å². The Hall–Kier alpha value is -0.660. The van der Waals surface area contributed by atoms with E-state index >= 15 is 0 Å². The maximum atomic E-state index is 11.3. The van der Waals surface area contributed by atoms with Crippen LogP contribution in [0.2, 0.25) is 0 Å². The van der Waals surface area contributed by atoms with Crippen LogP contribution in [0.15, 0.2) is 6.20 Å². The topological polar surface area (TPSA) is 53.5 Å². The van der Waals surface area contributed by atoms with Crippen LogP contribution < -0.4 is 4.90 Å². The lowest BCUT2D eigenvalue weighted by molar-refractivity contribution is 0.388. The minimum atomic E-state index is -3.04. The Morgan fingerprint density at radius 3 is 2.38 bits per heavy atom. The summed E-state index contributed by atoms with van der Waals surface area (Å²) in [7, 11) is -3.04. The number of nitrogens with zero attached hydrogens (tertiary/aromatic N) is 3. The van der Waals surface area contributed by atoms with Crippen LogP contribution in [0, 0.1) is 6.92 Å². The van der Waals surface area contributed by atoms with E-state index in [0.717, 1.165) is 18.2 Å². The molecule has 1 fully saturated rings. The molecule has 1 aliphatic rings. The standard InChI is InChI=1S/C9H15N3O2S2/c1-8-7-10-9(15-8)11-3-5-12(6-4-11)16(2,13)14/h7H,3-6H2,1-2H3. The molecule has 16 heavy (non-hydrogen) atoms. The molecule has 0 saturated carbocycles. The highest BCUT2D eigenvalue weighted by Crippen LogP contribution is 2.23. The molecule has 7 heteroatoms. The van der Waals surface area contributed by atoms with Gasteiger partial charge in [0.05, 0.1) is 6.26 Å². The predicted molar refractivity (Wildman–Crippen MR) is 65.5 cm³/mol. The second-order valence-corrected chi connectivity index (χ2v) is 7.10. The third-order valence-electron chi connectivity index (χ3n) is 2.59. The number of anilines is 1. The van der Waals surface area contributed by atoms with E-state index in [1.54, 1.807) is 11.3 Å². The van der Waals surface area contributed by atoms with E-state index in [9.17, 15) is 8.42 Å². The summed E-state index contributed by atoms with van der Waals surface area (Å²) in [6.45, 7) is 4.57. The highest BCUT2D eigenvalue weighted by molar-refractivity contribution is 7.88. The van der Waals surface area contributed by atoms with Gasteiger partial charge in [-0.15, -0.1) is 11.3 Å². The second-order valence-electron chi connectivity index (χ2n) is 3.90. The Kier molecular flexibility index (Phi) is 3.18. The van der Waals surface area contributed by atoms with Crippen LogP contribution in [-0.4, -0.2) is 50.1 Å². The van der Waals surface area contributed by atoms with Gasteiger partial charge in [-0.05, 0) is 6.92 Å². The Morgan fingerprint density at radius 1 is 1.31 bits per heavy atom. The van der Waals surface area contributed by atoms with Gasteiger partial charge >= 0.3 is 0 Å². The first-order chi connectivity index (χ1) is 7.47. The third kappa shape index (κ3) is 2.53. The lowest BCUT2D eigenvalue weighted by Gasteiger charge is -2.32.